The summed E-state index contributed by atoms with van der Waals surface area (Å²) in [4.78, 5) is 0. The predicted octanol–water partition coefficient (Wildman–Crippen LogP) is 3.83. The van der Waals surface area contributed by atoms with Gasteiger partial charge in [-0.05, 0) is 53.2 Å². The smallest absolute Gasteiger partial charge is 0.179 e. The minimum absolute atomic E-state index is 0.0679. The largest absolute Gasteiger partial charge is 0.487 e. The maximum atomic E-state index is 14.2. The fourth-order valence-corrected chi connectivity index (χ4v) is 2.99. The predicted molar refractivity (Wildman–Crippen MR) is 77.2 cm³/mol. The first kappa shape index (κ1) is 14.3. The molecule has 0 aliphatic heterocycles. The van der Waals surface area contributed by atoms with Crippen LogP contribution in [0.15, 0.2) is 16.6 Å². The zero-order valence-corrected chi connectivity index (χ0v) is 12.5. The summed E-state index contributed by atoms with van der Waals surface area (Å²) in [6.45, 7) is 2.14. The van der Waals surface area contributed by atoms with Crippen molar-refractivity contribution in [2.75, 3.05) is 0 Å². The highest BCUT2D eigenvalue weighted by Crippen LogP contribution is 2.33. The Labute approximate surface area is 121 Å². The molecule has 0 spiro atoms. The number of nitrogens with two attached hydrogens (primary N) is 1. The topological polar surface area (TPSA) is 59.1 Å². The van der Waals surface area contributed by atoms with E-state index in [0.717, 1.165) is 19.3 Å². The van der Waals surface area contributed by atoms with Crippen LogP contribution in [-0.2, 0) is 0 Å². The van der Waals surface area contributed by atoms with E-state index in [1.807, 2.05) is 0 Å². The van der Waals surface area contributed by atoms with Crippen molar-refractivity contribution in [1.82, 2.24) is 0 Å². The van der Waals surface area contributed by atoms with Crippen LogP contribution >= 0.6 is 15.9 Å². The van der Waals surface area contributed by atoms with Crippen molar-refractivity contribution in [2.24, 2.45) is 11.7 Å². The summed E-state index contributed by atoms with van der Waals surface area (Å²) in [6.07, 6.45) is 4.50. The molecule has 0 amide bonds. The highest BCUT2D eigenvalue weighted by atomic mass is 79.9. The molecule has 0 radical (unpaired) electrons. The minimum atomic E-state index is -0.481. The Balaban J connectivity index is 2.21. The highest BCUT2D eigenvalue weighted by Gasteiger charge is 2.24. The van der Waals surface area contributed by atoms with Gasteiger partial charge in [0.25, 0.3) is 0 Å². The number of amidine groups is 1. The summed E-state index contributed by atoms with van der Waals surface area (Å²) in [7, 11) is 0. The third kappa shape index (κ3) is 3.08. The lowest BCUT2D eigenvalue weighted by molar-refractivity contribution is 0.0978. The van der Waals surface area contributed by atoms with Crippen molar-refractivity contribution in [1.29, 1.82) is 5.41 Å². The number of ether oxygens (including phenoxy) is 1. The molecule has 3 nitrogen and oxygen atoms in total. The Bertz CT molecular complexity index is 493. The van der Waals surface area contributed by atoms with E-state index < -0.39 is 5.82 Å². The second kappa shape index (κ2) is 5.90. The van der Waals surface area contributed by atoms with Crippen LogP contribution < -0.4 is 10.5 Å². The van der Waals surface area contributed by atoms with Crippen molar-refractivity contribution in [3.05, 3.63) is 28.0 Å². The summed E-state index contributed by atoms with van der Waals surface area (Å²) >= 11 is 3.14. The monoisotopic (exact) mass is 328 g/mol. The molecular weight excluding hydrogens is 311 g/mol. The van der Waals surface area contributed by atoms with Crippen LogP contribution in [-0.4, -0.2) is 11.9 Å². The van der Waals surface area contributed by atoms with Crippen molar-refractivity contribution >= 4 is 21.8 Å². The van der Waals surface area contributed by atoms with Crippen molar-refractivity contribution in [3.63, 3.8) is 0 Å². The van der Waals surface area contributed by atoms with Crippen LogP contribution in [0.1, 0.15) is 38.2 Å². The first-order valence-corrected chi connectivity index (χ1v) is 7.29. The number of nitrogens with one attached hydrogen (secondary N) is 1. The van der Waals surface area contributed by atoms with E-state index in [4.69, 9.17) is 15.9 Å². The number of rotatable bonds is 3. The molecule has 0 heterocycles. The highest BCUT2D eigenvalue weighted by molar-refractivity contribution is 9.10. The SMILES string of the molecule is CC1CCCCC1Oc1ccc(C(=N)N)c(Br)c1F. The van der Waals surface area contributed by atoms with Crippen LogP contribution in [0.4, 0.5) is 4.39 Å². The molecule has 1 saturated carbocycles. The van der Waals surface area contributed by atoms with Gasteiger partial charge in [-0.1, -0.05) is 13.3 Å². The molecule has 104 valence electrons. The maximum Gasteiger partial charge on any atom is 0.179 e. The van der Waals surface area contributed by atoms with Gasteiger partial charge in [-0.25, -0.2) is 4.39 Å². The summed E-state index contributed by atoms with van der Waals surface area (Å²) in [5, 5.41) is 7.37. The Morgan fingerprint density at radius 2 is 2.11 bits per heavy atom. The van der Waals surface area contributed by atoms with E-state index in [0.29, 0.717) is 11.5 Å². The third-order valence-electron chi connectivity index (χ3n) is 3.65. The van der Waals surface area contributed by atoms with Gasteiger partial charge < -0.3 is 10.5 Å². The number of halogens is 2. The molecule has 2 rings (SSSR count). The molecule has 1 aliphatic rings. The number of hydrogen-bond donors (Lipinski definition) is 2. The average molecular weight is 329 g/mol. The van der Waals surface area contributed by atoms with E-state index in [-0.39, 0.29) is 22.2 Å². The van der Waals surface area contributed by atoms with Gasteiger partial charge in [0.2, 0.25) is 0 Å². The van der Waals surface area contributed by atoms with Gasteiger partial charge in [0, 0.05) is 5.56 Å². The van der Waals surface area contributed by atoms with Gasteiger partial charge in [-0.2, -0.15) is 0 Å². The molecule has 0 saturated heterocycles. The summed E-state index contributed by atoms with van der Waals surface area (Å²) < 4.78 is 20.2. The Kier molecular flexibility index (Phi) is 4.45. The molecule has 0 aromatic heterocycles. The molecule has 1 aliphatic carbocycles. The van der Waals surface area contributed by atoms with E-state index in [1.165, 1.54) is 6.42 Å². The Hall–Kier alpha value is -1.10. The fourth-order valence-electron chi connectivity index (χ4n) is 2.45. The second-order valence-corrected chi connectivity index (χ2v) is 5.86. The molecule has 5 heteroatoms. The third-order valence-corrected chi connectivity index (χ3v) is 4.42. The molecule has 1 aromatic carbocycles. The van der Waals surface area contributed by atoms with Gasteiger partial charge in [0.15, 0.2) is 11.6 Å². The van der Waals surface area contributed by atoms with Gasteiger partial charge in [-0.15, -0.1) is 0 Å². The molecule has 19 heavy (non-hydrogen) atoms. The summed E-state index contributed by atoms with van der Waals surface area (Å²) in [6, 6.07) is 3.16. The Morgan fingerprint density at radius 1 is 1.42 bits per heavy atom. The molecule has 0 bridgehead atoms. The Morgan fingerprint density at radius 3 is 2.74 bits per heavy atom. The first-order chi connectivity index (χ1) is 9.00. The molecule has 2 atom stereocenters. The molecule has 3 N–H and O–H groups in total. The molecular formula is C14H18BrFN2O. The van der Waals surface area contributed by atoms with Crippen LogP contribution in [0.3, 0.4) is 0 Å². The van der Waals surface area contributed by atoms with Gasteiger partial charge in [0.05, 0.1) is 4.47 Å². The zero-order chi connectivity index (χ0) is 14.0. The first-order valence-electron chi connectivity index (χ1n) is 6.49. The number of nitrogen functional groups attached to an aromatic ring is 1. The molecule has 1 aromatic rings. The van der Waals surface area contributed by atoms with E-state index in [2.05, 4.69) is 22.9 Å². The van der Waals surface area contributed by atoms with Crippen molar-refractivity contribution in [2.45, 2.75) is 38.7 Å². The fraction of sp³-hybridized carbons (Fsp3) is 0.500. The van der Waals surface area contributed by atoms with Crippen molar-refractivity contribution in [3.8, 4) is 5.75 Å². The number of hydrogen-bond acceptors (Lipinski definition) is 2. The molecule has 1 fully saturated rings. The zero-order valence-electron chi connectivity index (χ0n) is 10.9. The van der Waals surface area contributed by atoms with Crippen LogP contribution in [0, 0.1) is 17.1 Å². The standard InChI is InChI=1S/C14H18BrFN2O/c1-8-4-2-3-5-10(8)19-11-7-6-9(14(17)18)12(15)13(11)16/h6-8,10H,2-5H2,1H3,(H3,17,18). The van der Waals surface area contributed by atoms with Crippen LogP contribution in [0.25, 0.3) is 0 Å². The van der Waals surface area contributed by atoms with E-state index >= 15 is 0 Å². The minimum Gasteiger partial charge on any atom is -0.487 e. The van der Waals surface area contributed by atoms with Crippen LogP contribution in [0.2, 0.25) is 0 Å². The lowest BCUT2D eigenvalue weighted by atomic mass is 9.88. The van der Waals surface area contributed by atoms with E-state index in [9.17, 15) is 4.39 Å². The van der Waals surface area contributed by atoms with Gasteiger partial charge in [0.1, 0.15) is 11.9 Å². The summed E-state index contributed by atoms with van der Waals surface area (Å²) in [5.74, 6) is 0.0314. The average Bonchev–Trinajstić information content (AvgIpc) is 2.37. The van der Waals surface area contributed by atoms with Gasteiger partial charge >= 0.3 is 0 Å². The number of benzene rings is 1. The van der Waals surface area contributed by atoms with Crippen LogP contribution in [0.5, 0.6) is 5.75 Å². The summed E-state index contributed by atoms with van der Waals surface area (Å²) in [5.41, 5.74) is 5.73. The van der Waals surface area contributed by atoms with Crippen molar-refractivity contribution < 1.29 is 9.13 Å². The normalized spacial score (nSPS) is 23.1. The van der Waals surface area contributed by atoms with E-state index in [1.54, 1.807) is 12.1 Å². The second-order valence-electron chi connectivity index (χ2n) is 5.07. The van der Waals surface area contributed by atoms with Gasteiger partial charge in [-0.3, -0.25) is 5.41 Å². The quantitative estimate of drug-likeness (QED) is 0.654. The maximum absolute atomic E-state index is 14.2. The molecule has 2 unspecified atom stereocenters. The lowest BCUT2D eigenvalue weighted by Crippen LogP contribution is -2.28. The lowest BCUT2D eigenvalue weighted by Gasteiger charge is -2.29.